The molecule has 0 bridgehead atoms. The Hall–Kier alpha value is -5.26. The van der Waals surface area contributed by atoms with Gasteiger partial charge >= 0.3 is 6.61 Å². The maximum atomic E-state index is 14.0. The monoisotopic (exact) mass is 883 g/mol. The Morgan fingerprint density at radius 3 is 2.61 bits per heavy atom. The molecular weight excluding hydrogens is 840 g/mol. The Morgan fingerprint density at radius 1 is 1.02 bits per heavy atom. The molecule has 3 fully saturated rings. The minimum Gasteiger partial charge on any atom is -0.432 e. The van der Waals surface area contributed by atoms with Gasteiger partial charge in [0, 0.05) is 66.8 Å². The SMILES string of the molecule is Cc1c(Nc2nccc3cc(CN4CC[C@@H](O)C4)cnc23)cccc1-c1cccc(-c2nc3cc4c(c(OC(F)F)c3o2)CC[C@H]4N2CC[C@@H](C(=O)NS(=O)(=O)C3CC3)C2)c1Cl. The molecule has 5 heterocycles. The van der Waals surface area contributed by atoms with Crippen LogP contribution in [0.3, 0.4) is 0 Å². The van der Waals surface area contributed by atoms with Crippen LogP contribution in [0.25, 0.3) is 44.6 Å². The molecule has 1 amide bonds. The maximum absolute atomic E-state index is 14.0. The summed E-state index contributed by atoms with van der Waals surface area (Å²) in [6, 6.07) is 17.0. The lowest BCUT2D eigenvalue weighted by atomic mass is 9.97. The van der Waals surface area contributed by atoms with Crippen molar-refractivity contribution in [3.8, 4) is 28.3 Å². The van der Waals surface area contributed by atoms with Crippen molar-refractivity contribution >= 4 is 61.0 Å². The number of β-amino-alcohol motifs (C(OH)–C–C–N with tert-alkyl or cyclic N) is 1. The molecule has 2 aliphatic carbocycles. The number of oxazole rings is 1. The first-order valence-electron chi connectivity index (χ1n) is 20.9. The minimum absolute atomic E-state index is 0.0705. The maximum Gasteiger partial charge on any atom is 0.387 e. The highest BCUT2D eigenvalue weighted by atomic mass is 35.5. The first kappa shape index (κ1) is 40.8. The number of aliphatic hydroxyl groups excluding tert-OH is 1. The number of carbonyl (C=O) groups is 1. The fraction of sp³-hybridized carbons (Fsp3) is 0.378. The summed E-state index contributed by atoms with van der Waals surface area (Å²) in [6.45, 7) is 1.96. The van der Waals surface area contributed by atoms with Crippen LogP contribution in [0.15, 0.2) is 71.4 Å². The highest BCUT2D eigenvalue weighted by Crippen LogP contribution is 2.48. The number of anilines is 2. The van der Waals surface area contributed by atoms with E-state index >= 15 is 0 Å². The lowest BCUT2D eigenvalue weighted by Crippen LogP contribution is -2.38. The minimum atomic E-state index is -3.67. The zero-order valence-electron chi connectivity index (χ0n) is 33.8. The van der Waals surface area contributed by atoms with Crippen LogP contribution in [0.4, 0.5) is 20.3 Å². The summed E-state index contributed by atoms with van der Waals surface area (Å²) < 4.78 is 66.7. The van der Waals surface area contributed by atoms with Crippen molar-refractivity contribution in [2.24, 2.45) is 5.92 Å². The third kappa shape index (κ3) is 7.76. The number of nitrogens with zero attached hydrogens (tertiary/aromatic N) is 5. The first-order valence-corrected chi connectivity index (χ1v) is 22.8. The number of benzene rings is 3. The lowest BCUT2D eigenvalue weighted by molar-refractivity contribution is -0.122. The molecule has 3 aromatic carbocycles. The Morgan fingerprint density at radius 2 is 1.82 bits per heavy atom. The summed E-state index contributed by atoms with van der Waals surface area (Å²) in [4.78, 5) is 31.5. The largest absolute Gasteiger partial charge is 0.432 e. The van der Waals surface area contributed by atoms with Crippen LogP contribution in [-0.2, 0) is 27.8 Å². The second kappa shape index (κ2) is 16.1. The first-order chi connectivity index (χ1) is 29.9. The molecule has 322 valence electrons. The Bertz CT molecular complexity index is 2860. The Labute approximate surface area is 361 Å². The summed E-state index contributed by atoms with van der Waals surface area (Å²) in [5.74, 6) is -0.345. The lowest BCUT2D eigenvalue weighted by Gasteiger charge is -2.25. The zero-order valence-corrected chi connectivity index (χ0v) is 35.4. The molecule has 2 aliphatic heterocycles. The van der Waals surface area contributed by atoms with Gasteiger partial charge < -0.3 is 19.6 Å². The van der Waals surface area contributed by atoms with E-state index in [1.165, 1.54) is 0 Å². The molecule has 17 heteroatoms. The number of ether oxygens (including phenoxy) is 1. The molecule has 6 aromatic rings. The van der Waals surface area contributed by atoms with E-state index in [1.54, 1.807) is 12.3 Å². The normalized spacial score (nSPS) is 20.7. The van der Waals surface area contributed by atoms with Gasteiger partial charge in [-0.3, -0.25) is 24.3 Å². The van der Waals surface area contributed by atoms with Crippen molar-refractivity contribution in [1.82, 2.24) is 29.5 Å². The number of fused-ring (bicyclic) bond motifs is 3. The van der Waals surface area contributed by atoms with Crippen LogP contribution in [0, 0.1) is 12.8 Å². The second-order valence-electron chi connectivity index (χ2n) is 16.8. The standard InChI is InChI=1S/C45H44ClF2N7O6S/c1-24-30(4-3-7-35(24)51-42-39-26(12-15-49-42)18-25(20-50-39)21-54-16-14-28(56)23-54)31-5-2-6-33(38(31)46)44-52-36-19-34-32(40(41(36)60-44)61-45(47)48)10-11-37(34)55-17-13-27(22-55)43(57)53-62(58,59)29-8-9-29/h2-7,12,15,18-20,27-29,37,45,56H,8-11,13-14,16-17,21-23H2,1H3,(H,49,51)(H,53,57)/t27-,28-,37-/m1/s1. The predicted octanol–water partition coefficient (Wildman–Crippen LogP) is 7.90. The summed E-state index contributed by atoms with van der Waals surface area (Å²) in [6.07, 6.45) is 6.72. The summed E-state index contributed by atoms with van der Waals surface area (Å²) >= 11 is 7.20. The van der Waals surface area contributed by atoms with E-state index in [0.717, 1.165) is 51.8 Å². The number of amides is 1. The molecule has 0 unspecified atom stereocenters. The molecule has 2 saturated heterocycles. The number of rotatable bonds is 12. The molecule has 0 radical (unpaired) electrons. The van der Waals surface area contributed by atoms with Gasteiger partial charge in [-0.15, -0.1) is 0 Å². The zero-order chi connectivity index (χ0) is 42.9. The third-order valence-electron chi connectivity index (χ3n) is 12.7. The van der Waals surface area contributed by atoms with E-state index < -0.39 is 33.7 Å². The van der Waals surface area contributed by atoms with Gasteiger partial charge in [0.15, 0.2) is 17.2 Å². The van der Waals surface area contributed by atoms with Gasteiger partial charge in [-0.05, 0) is 105 Å². The van der Waals surface area contributed by atoms with Crippen molar-refractivity contribution < 1.29 is 36.3 Å². The summed E-state index contributed by atoms with van der Waals surface area (Å²) in [5, 5.41) is 14.2. The number of pyridine rings is 2. The van der Waals surface area contributed by atoms with Gasteiger partial charge in [0.1, 0.15) is 11.0 Å². The van der Waals surface area contributed by atoms with Gasteiger partial charge in [0.05, 0.1) is 27.9 Å². The summed E-state index contributed by atoms with van der Waals surface area (Å²) in [7, 11) is -3.67. The number of hydrogen-bond donors (Lipinski definition) is 3. The third-order valence-corrected chi connectivity index (χ3v) is 14.9. The van der Waals surface area contributed by atoms with Crippen LogP contribution in [0.5, 0.6) is 5.75 Å². The van der Waals surface area contributed by atoms with Crippen LogP contribution < -0.4 is 14.8 Å². The van der Waals surface area contributed by atoms with Crippen LogP contribution >= 0.6 is 11.6 Å². The topological polar surface area (TPSA) is 163 Å². The number of likely N-dealkylation sites (tertiary alicyclic amines) is 2. The molecule has 3 atom stereocenters. The number of hydrogen-bond acceptors (Lipinski definition) is 12. The number of halogens is 3. The number of sulfonamides is 1. The van der Waals surface area contributed by atoms with E-state index in [1.807, 2.05) is 55.6 Å². The molecule has 3 N–H and O–H groups in total. The quantitative estimate of drug-likeness (QED) is 0.109. The van der Waals surface area contributed by atoms with E-state index in [-0.39, 0.29) is 29.4 Å². The average molecular weight is 884 g/mol. The van der Waals surface area contributed by atoms with E-state index in [0.29, 0.717) is 91.3 Å². The highest BCUT2D eigenvalue weighted by Gasteiger charge is 2.42. The van der Waals surface area contributed by atoms with Gasteiger partial charge in [0.25, 0.3) is 0 Å². The molecule has 1 saturated carbocycles. The van der Waals surface area contributed by atoms with Crippen molar-refractivity contribution in [2.75, 3.05) is 31.5 Å². The van der Waals surface area contributed by atoms with Crippen molar-refractivity contribution in [1.29, 1.82) is 0 Å². The van der Waals surface area contributed by atoms with Gasteiger partial charge in [0.2, 0.25) is 21.8 Å². The van der Waals surface area contributed by atoms with Gasteiger partial charge in [-0.25, -0.2) is 18.4 Å². The molecule has 3 aromatic heterocycles. The van der Waals surface area contributed by atoms with Gasteiger partial charge in [-0.1, -0.05) is 35.9 Å². The molecule has 62 heavy (non-hydrogen) atoms. The van der Waals surface area contributed by atoms with Crippen molar-refractivity contribution in [2.45, 2.75) is 76.0 Å². The molecule has 10 rings (SSSR count). The molecule has 4 aliphatic rings. The fourth-order valence-electron chi connectivity index (χ4n) is 9.36. The number of aliphatic hydroxyl groups is 1. The van der Waals surface area contributed by atoms with Crippen LogP contribution in [0.1, 0.15) is 60.4 Å². The van der Waals surface area contributed by atoms with Crippen molar-refractivity contribution in [3.05, 3.63) is 94.3 Å². The average Bonchev–Trinajstić information content (AvgIpc) is 3.51. The van der Waals surface area contributed by atoms with Crippen LogP contribution in [0.2, 0.25) is 5.02 Å². The predicted molar refractivity (Wildman–Crippen MR) is 231 cm³/mol. The second-order valence-corrected chi connectivity index (χ2v) is 19.1. The van der Waals surface area contributed by atoms with E-state index in [9.17, 15) is 27.1 Å². The Balaban J connectivity index is 0.924. The smallest absolute Gasteiger partial charge is 0.387 e. The number of nitrogens with one attached hydrogen (secondary N) is 2. The van der Waals surface area contributed by atoms with Crippen LogP contribution in [-0.4, -0.2) is 88.3 Å². The van der Waals surface area contributed by atoms with Crippen molar-refractivity contribution in [3.63, 3.8) is 0 Å². The summed E-state index contributed by atoms with van der Waals surface area (Å²) in [5.41, 5.74) is 7.26. The highest BCUT2D eigenvalue weighted by molar-refractivity contribution is 7.90. The number of aromatic nitrogens is 3. The number of alkyl halides is 2. The van der Waals surface area contributed by atoms with E-state index in [2.05, 4.69) is 30.9 Å². The molecule has 13 nitrogen and oxygen atoms in total. The Kier molecular flexibility index (Phi) is 10.6. The fourth-order valence-corrected chi connectivity index (χ4v) is 11.0. The molecule has 0 spiro atoms. The number of carbonyl (C=O) groups excluding carboxylic acids is 1. The van der Waals surface area contributed by atoms with E-state index in [4.69, 9.17) is 30.7 Å². The van der Waals surface area contributed by atoms with Gasteiger partial charge in [-0.2, -0.15) is 8.78 Å². The molecular formula is C45H44ClF2N7O6S.